The lowest BCUT2D eigenvalue weighted by Crippen LogP contribution is -2.23. The summed E-state index contributed by atoms with van der Waals surface area (Å²) in [6.07, 6.45) is 6.93. The molecule has 0 aliphatic heterocycles. The van der Waals surface area contributed by atoms with Gasteiger partial charge in [0.05, 0.1) is 24.5 Å². The number of hydrogen-bond acceptors (Lipinski definition) is 5. The van der Waals surface area contributed by atoms with Crippen LogP contribution in [0.5, 0.6) is 0 Å². The van der Waals surface area contributed by atoms with E-state index in [0.29, 0.717) is 16.5 Å². The van der Waals surface area contributed by atoms with Crippen LogP contribution in [0.1, 0.15) is 5.56 Å². The number of anilines is 2. The molecule has 3 rings (SSSR count). The zero-order valence-corrected chi connectivity index (χ0v) is 15.2. The van der Waals surface area contributed by atoms with Gasteiger partial charge in [-0.05, 0) is 29.8 Å². The fourth-order valence-corrected chi connectivity index (χ4v) is 2.60. The van der Waals surface area contributed by atoms with Gasteiger partial charge in [0.2, 0.25) is 5.91 Å². The van der Waals surface area contributed by atoms with Gasteiger partial charge in [0.25, 0.3) is 0 Å². The van der Waals surface area contributed by atoms with Crippen molar-refractivity contribution in [3.05, 3.63) is 65.7 Å². The first-order chi connectivity index (χ1) is 12.5. The molecule has 0 saturated carbocycles. The molecule has 2 aromatic heterocycles. The molecule has 0 aliphatic carbocycles. The molecule has 0 bridgehead atoms. The largest absolute Gasteiger partial charge is 0.349 e. The molecule has 0 saturated heterocycles. The molecule has 6 nitrogen and oxygen atoms in total. The van der Waals surface area contributed by atoms with Crippen molar-refractivity contribution in [1.29, 1.82) is 0 Å². The molecule has 3 aromatic rings. The van der Waals surface area contributed by atoms with Crippen molar-refractivity contribution in [3.8, 4) is 11.3 Å². The highest BCUT2D eigenvalue weighted by atomic mass is 35.5. The molecule has 2 heterocycles. The number of likely N-dealkylation sites (N-methyl/N-ethyl adjacent to an activating group) is 1. The summed E-state index contributed by atoms with van der Waals surface area (Å²) >= 11 is 6.01. The lowest BCUT2D eigenvalue weighted by atomic mass is 10.0. The number of aromatic nitrogens is 3. The number of pyridine rings is 1. The van der Waals surface area contributed by atoms with E-state index in [-0.39, 0.29) is 12.3 Å². The molecule has 0 radical (unpaired) electrons. The third-order valence-corrected chi connectivity index (χ3v) is 3.99. The maximum absolute atomic E-state index is 12.1. The Morgan fingerprint density at radius 3 is 2.77 bits per heavy atom. The van der Waals surface area contributed by atoms with Gasteiger partial charge in [-0.3, -0.25) is 14.8 Å². The highest BCUT2D eigenvalue weighted by Crippen LogP contribution is 2.24. The Bertz CT molecular complexity index is 929. The Balaban J connectivity index is 1.90. The van der Waals surface area contributed by atoms with E-state index in [2.05, 4.69) is 20.3 Å². The average Bonchev–Trinajstić information content (AvgIpc) is 2.62. The second kappa shape index (κ2) is 7.93. The topological polar surface area (TPSA) is 71.0 Å². The number of carbonyl (C=O) groups excluding carboxylic acids is 1. The highest BCUT2D eigenvalue weighted by molar-refractivity contribution is 6.30. The molecule has 0 atom stereocenters. The second-order valence-corrected chi connectivity index (χ2v) is 6.36. The average molecular weight is 368 g/mol. The quantitative estimate of drug-likeness (QED) is 0.746. The summed E-state index contributed by atoms with van der Waals surface area (Å²) in [5, 5.41) is 3.82. The molecular formula is C19H18ClN5O. The molecule has 0 unspecified atom stereocenters. The van der Waals surface area contributed by atoms with Gasteiger partial charge in [0.1, 0.15) is 5.82 Å². The first kappa shape index (κ1) is 17.8. The van der Waals surface area contributed by atoms with Crippen LogP contribution in [0, 0.1) is 0 Å². The second-order valence-electron chi connectivity index (χ2n) is 5.92. The first-order valence-corrected chi connectivity index (χ1v) is 8.39. The van der Waals surface area contributed by atoms with Crippen molar-refractivity contribution < 1.29 is 4.79 Å². The van der Waals surface area contributed by atoms with Gasteiger partial charge in [-0.25, -0.2) is 4.98 Å². The summed E-state index contributed by atoms with van der Waals surface area (Å²) in [7, 11) is 3.46. The molecule has 1 amide bonds. The van der Waals surface area contributed by atoms with E-state index in [1.165, 1.54) is 0 Å². The van der Waals surface area contributed by atoms with Gasteiger partial charge in [0.15, 0.2) is 0 Å². The Morgan fingerprint density at radius 1 is 1.15 bits per heavy atom. The predicted molar refractivity (Wildman–Crippen MR) is 102 cm³/mol. The van der Waals surface area contributed by atoms with Crippen LogP contribution in [-0.2, 0) is 11.2 Å². The molecule has 0 fully saturated rings. The third-order valence-electron chi connectivity index (χ3n) is 3.75. The van der Waals surface area contributed by atoms with Crippen LogP contribution < -0.4 is 5.32 Å². The predicted octanol–water partition coefficient (Wildman–Crippen LogP) is 3.57. The van der Waals surface area contributed by atoms with E-state index in [9.17, 15) is 4.79 Å². The summed E-state index contributed by atoms with van der Waals surface area (Å²) < 4.78 is 0. The molecule has 0 spiro atoms. The van der Waals surface area contributed by atoms with Gasteiger partial charge >= 0.3 is 0 Å². The Hall–Kier alpha value is -2.99. The number of benzene rings is 1. The van der Waals surface area contributed by atoms with Crippen molar-refractivity contribution in [1.82, 2.24) is 19.9 Å². The molecule has 7 heteroatoms. The van der Waals surface area contributed by atoms with Gasteiger partial charge in [-0.1, -0.05) is 17.7 Å². The molecule has 1 N–H and O–H groups in total. The first-order valence-electron chi connectivity index (χ1n) is 8.01. The maximum atomic E-state index is 12.1. The molecule has 0 aliphatic rings. The van der Waals surface area contributed by atoms with Crippen LogP contribution >= 0.6 is 11.6 Å². The summed E-state index contributed by atoms with van der Waals surface area (Å²) in [5.74, 6) is 0.590. The fraction of sp³-hybridized carbons (Fsp3) is 0.158. The Morgan fingerprint density at radius 2 is 2.00 bits per heavy atom. The summed E-state index contributed by atoms with van der Waals surface area (Å²) in [4.78, 5) is 26.6. The van der Waals surface area contributed by atoms with E-state index in [1.807, 2.05) is 24.3 Å². The molecule has 1 aromatic carbocycles. The smallest absolute Gasteiger partial charge is 0.226 e. The number of hydrogen-bond donors (Lipinski definition) is 1. The number of nitrogens with zero attached hydrogens (tertiary/aromatic N) is 4. The standard InChI is InChI=1S/C19H18ClN5O/c1-25(2)19(26)8-13-10-21-7-6-16(13)17-11-22-12-18(24-17)23-15-5-3-4-14(20)9-15/h3-7,9-12H,8H2,1-2H3,(H,23,24). The number of halogens is 1. The lowest BCUT2D eigenvalue weighted by Gasteiger charge is -2.13. The SMILES string of the molecule is CN(C)C(=O)Cc1cnccc1-c1cncc(Nc2cccc(Cl)c2)n1. The van der Waals surface area contributed by atoms with Crippen LogP contribution in [0.25, 0.3) is 11.3 Å². The van der Waals surface area contributed by atoms with Crippen LogP contribution in [0.4, 0.5) is 11.5 Å². The van der Waals surface area contributed by atoms with Gasteiger partial charge in [0, 0.05) is 42.8 Å². The minimum atomic E-state index is 0.000385. The van der Waals surface area contributed by atoms with Crippen molar-refractivity contribution >= 4 is 29.0 Å². The summed E-state index contributed by atoms with van der Waals surface area (Å²) in [6, 6.07) is 9.21. The Labute approximate surface area is 156 Å². The van der Waals surface area contributed by atoms with Gasteiger partial charge in [-0.15, -0.1) is 0 Å². The number of rotatable bonds is 5. The fourth-order valence-electron chi connectivity index (χ4n) is 2.41. The molecule has 132 valence electrons. The van der Waals surface area contributed by atoms with E-state index >= 15 is 0 Å². The zero-order chi connectivity index (χ0) is 18.5. The van der Waals surface area contributed by atoms with E-state index in [0.717, 1.165) is 16.8 Å². The highest BCUT2D eigenvalue weighted by Gasteiger charge is 2.13. The number of amides is 1. The number of carbonyl (C=O) groups is 1. The van der Waals surface area contributed by atoms with Crippen LogP contribution in [0.2, 0.25) is 5.02 Å². The minimum Gasteiger partial charge on any atom is -0.349 e. The van der Waals surface area contributed by atoms with Gasteiger partial charge in [-0.2, -0.15) is 0 Å². The van der Waals surface area contributed by atoms with Crippen LogP contribution in [0.15, 0.2) is 55.1 Å². The van der Waals surface area contributed by atoms with E-state index in [4.69, 9.17) is 11.6 Å². The van der Waals surface area contributed by atoms with Crippen LogP contribution in [-0.4, -0.2) is 39.9 Å². The molecule has 26 heavy (non-hydrogen) atoms. The lowest BCUT2D eigenvalue weighted by molar-refractivity contribution is -0.127. The normalized spacial score (nSPS) is 10.4. The van der Waals surface area contributed by atoms with Crippen molar-refractivity contribution in [2.24, 2.45) is 0 Å². The molecular weight excluding hydrogens is 350 g/mol. The number of nitrogens with one attached hydrogen (secondary N) is 1. The third kappa shape index (κ3) is 4.34. The zero-order valence-electron chi connectivity index (χ0n) is 14.5. The Kier molecular flexibility index (Phi) is 5.43. The van der Waals surface area contributed by atoms with Gasteiger partial charge < -0.3 is 10.2 Å². The van der Waals surface area contributed by atoms with Crippen LogP contribution in [0.3, 0.4) is 0 Å². The van der Waals surface area contributed by atoms with Crippen molar-refractivity contribution in [2.45, 2.75) is 6.42 Å². The van der Waals surface area contributed by atoms with Crippen molar-refractivity contribution in [3.63, 3.8) is 0 Å². The van der Waals surface area contributed by atoms with E-state index < -0.39 is 0 Å². The summed E-state index contributed by atoms with van der Waals surface area (Å²) in [5.41, 5.74) is 3.13. The minimum absolute atomic E-state index is 0.000385. The maximum Gasteiger partial charge on any atom is 0.226 e. The summed E-state index contributed by atoms with van der Waals surface area (Å²) in [6.45, 7) is 0. The van der Waals surface area contributed by atoms with E-state index in [1.54, 1.807) is 49.8 Å². The monoisotopic (exact) mass is 367 g/mol. The van der Waals surface area contributed by atoms with Crippen molar-refractivity contribution in [2.75, 3.05) is 19.4 Å².